The summed E-state index contributed by atoms with van der Waals surface area (Å²) < 4.78 is 0. The zero-order chi connectivity index (χ0) is 13.1. The van der Waals surface area contributed by atoms with Crippen LogP contribution in [-0.4, -0.2) is 11.4 Å². The Balaban J connectivity index is 1.86. The standard InChI is InChI=1S/C17H16N2/c1-13-11-17(15-9-5-6-10-16(15)19-13)18-12-14-7-3-2-4-8-14/h2-11,15H,12H2,1H3. The summed E-state index contributed by atoms with van der Waals surface area (Å²) in [7, 11) is 0. The van der Waals surface area contributed by atoms with E-state index in [4.69, 9.17) is 4.99 Å². The van der Waals surface area contributed by atoms with Gasteiger partial charge in [0.25, 0.3) is 0 Å². The molecule has 1 unspecified atom stereocenters. The molecule has 0 N–H and O–H groups in total. The highest BCUT2D eigenvalue weighted by Gasteiger charge is 2.21. The highest BCUT2D eigenvalue weighted by atomic mass is 14.8. The predicted molar refractivity (Wildman–Crippen MR) is 80.5 cm³/mol. The van der Waals surface area contributed by atoms with Crippen molar-refractivity contribution in [3.63, 3.8) is 0 Å². The molecule has 1 aromatic carbocycles. The Morgan fingerprint density at radius 3 is 2.84 bits per heavy atom. The predicted octanol–water partition coefficient (Wildman–Crippen LogP) is 3.73. The quantitative estimate of drug-likeness (QED) is 0.762. The van der Waals surface area contributed by atoms with Gasteiger partial charge in [0.1, 0.15) is 0 Å². The average molecular weight is 248 g/mol. The van der Waals surface area contributed by atoms with Crippen LogP contribution in [0.15, 0.2) is 76.4 Å². The molecule has 1 heterocycles. The second-order valence-corrected chi connectivity index (χ2v) is 4.77. The minimum Gasteiger partial charge on any atom is -0.284 e. The van der Waals surface area contributed by atoms with Crippen LogP contribution >= 0.6 is 0 Å². The first kappa shape index (κ1) is 11.8. The fourth-order valence-electron chi connectivity index (χ4n) is 2.34. The fourth-order valence-corrected chi connectivity index (χ4v) is 2.34. The van der Waals surface area contributed by atoms with E-state index in [-0.39, 0.29) is 5.92 Å². The van der Waals surface area contributed by atoms with Crippen molar-refractivity contribution in [2.45, 2.75) is 13.5 Å². The van der Waals surface area contributed by atoms with Gasteiger partial charge in [0.15, 0.2) is 0 Å². The Kier molecular flexibility index (Phi) is 3.23. The first-order valence-corrected chi connectivity index (χ1v) is 6.53. The summed E-state index contributed by atoms with van der Waals surface area (Å²) in [5.74, 6) is 0.220. The van der Waals surface area contributed by atoms with Crippen molar-refractivity contribution in [2.75, 3.05) is 0 Å². The molecular formula is C17H16N2. The molecule has 1 aliphatic heterocycles. The van der Waals surface area contributed by atoms with E-state index in [2.05, 4.69) is 41.4 Å². The zero-order valence-electron chi connectivity index (χ0n) is 11.0. The van der Waals surface area contributed by atoms with Crippen molar-refractivity contribution in [3.05, 3.63) is 72.0 Å². The van der Waals surface area contributed by atoms with Crippen LogP contribution in [0.2, 0.25) is 0 Å². The monoisotopic (exact) mass is 248 g/mol. The Labute approximate surface area is 113 Å². The molecule has 0 fully saturated rings. The topological polar surface area (TPSA) is 24.7 Å². The first-order chi connectivity index (χ1) is 9.33. The van der Waals surface area contributed by atoms with E-state index < -0.39 is 0 Å². The minimum absolute atomic E-state index is 0.220. The second kappa shape index (κ2) is 5.19. The molecule has 2 aliphatic rings. The maximum absolute atomic E-state index is 4.76. The molecule has 1 atom stereocenters. The Morgan fingerprint density at radius 1 is 1.16 bits per heavy atom. The third kappa shape index (κ3) is 2.63. The van der Waals surface area contributed by atoms with Crippen molar-refractivity contribution >= 4 is 11.4 Å². The summed E-state index contributed by atoms with van der Waals surface area (Å²) in [6.45, 7) is 2.74. The summed E-state index contributed by atoms with van der Waals surface area (Å²) in [6, 6.07) is 10.3. The summed E-state index contributed by atoms with van der Waals surface area (Å²) in [6.07, 6.45) is 10.4. The van der Waals surface area contributed by atoms with Crippen molar-refractivity contribution in [1.82, 2.24) is 0 Å². The van der Waals surface area contributed by atoms with Gasteiger partial charge in [-0.15, -0.1) is 0 Å². The highest BCUT2D eigenvalue weighted by Crippen LogP contribution is 2.20. The van der Waals surface area contributed by atoms with Crippen LogP contribution in [0, 0.1) is 5.92 Å². The van der Waals surface area contributed by atoms with E-state index in [1.54, 1.807) is 0 Å². The van der Waals surface area contributed by atoms with Gasteiger partial charge in [0.05, 0.1) is 18.2 Å². The minimum atomic E-state index is 0.220. The molecule has 0 radical (unpaired) electrons. The third-order valence-electron chi connectivity index (χ3n) is 3.27. The number of aliphatic imine (C=N–C) groups is 2. The molecule has 1 aliphatic carbocycles. The van der Waals surface area contributed by atoms with Crippen LogP contribution in [0.3, 0.4) is 0 Å². The van der Waals surface area contributed by atoms with Crippen LogP contribution in [0.4, 0.5) is 0 Å². The molecule has 0 spiro atoms. The van der Waals surface area contributed by atoms with Crippen LogP contribution < -0.4 is 0 Å². The van der Waals surface area contributed by atoms with Crippen molar-refractivity contribution in [2.24, 2.45) is 15.9 Å². The fraction of sp³-hybridized carbons (Fsp3) is 0.176. The van der Waals surface area contributed by atoms with Gasteiger partial charge < -0.3 is 0 Å². The summed E-state index contributed by atoms with van der Waals surface area (Å²) >= 11 is 0. The van der Waals surface area contributed by atoms with Crippen LogP contribution in [0.1, 0.15) is 12.5 Å². The van der Waals surface area contributed by atoms with Crippen molar-refractivity contribution in [3.8, 4) is 0 Å². The average Bonchev–Trinajstić information content (AvgIpc) is 2.45. The maximum atomic E-state index is 4.76. The highest BCUT2D eigenvalue weighted by molar-refractivity contribution is 6.20. The maximum Gasteiger partial charge on any atom is 0.0643 e. The first-order valence-electron chi connectivity index (χ1n) is 6.53. The molecule has 19 heavy (non-hydrogen) atoms. The third-order valence-corrected chi connectivity index (χ3v) is 3.27. The lowest BCUT2D eigenvalue weighted by Gasteiger charge is -2.20. The van der Waals surface area contributed by atoms with Crippen LogP contribution in [0.25, 0.3) is 0 Å². The van der Waals surface area contributed by atoms with Gasteiger partial charge in [-0.2, -0.15) is 0 Å². The smallest absolute Gasteiger partial charge is 0.0643 e. The molecule has 1 aromatic rings. The van der Waals surface area contributed by atoms with Gasteiger partial charge >= 0.3 is 0 Å². The molecule has 3 rings (SSSR count). The van der Waals surface area contributed by atoms with Crippen LogP contribution in [0.5, 0.6) is 0 Å². The second-order valence-electron chi connectivity index (χ2n) is 4.77. The Morgan fingerprint density at radius 2 is 2.00 bits per heavy atom. The van der Waals surface area contributed by atoms with Gasteiger partial charge in [-0.25, -0.2) is 0 Å². The van der Waals surface area contributed by atoms with E-state index in [1.165, 1.54) is 5.56 Å². The lowest BCUT2D eigenvalue weighted by atomic mass is 9.90. The van der Waals surface area contributed by atoms with E-state index in [0.29, 0.717) is 0 Å². The number of fused-ring (bicyclic) bond motifs is 1. The largest absolute Gasteiger partial charge is 0.284 e. The van der Waals surface area contributed by atoms with Gasteiger partial charge in [0, 0.05) is 11.4 Å². The number of benzene rings is 1. The molecule has 0 saturated carbocycles. The van der Waals surface area contributed by atoms with Gasteiger partial charge in [-0.3, -0.25) is 9.98 Å². The molecule has 0 amide bonds. The lowest BCUT2D eigenvalue weighted by Crippen LogP contribution is -2.24. The van der Waals surface area contributed by atoms with Crippen molar-refractivity contribution in [1.29, 1.82) is 0 Å². The molecule has 0 aromatic heterocycles. The summed E-state index contributed by atoms with van der Waals surface area (Å²) in [5.41, 5.74) is 4.46. The molecule has 0 saturated heterocycles. The summed E-state index contributed by atoms with van der Waals surface area (Å²) in [5, 5.41) is 0. The number of hydrogen-bond donors (Lipinski definition) is 0. The zero-order valence-corrected chi connectivity index (χ0v) is 11.0. The Bertz CT molecular complexity index is 616. The van der Waals surface area contributed by atoms with E-state index in [0.717, 1.165) is 23.7 Å². The number of rotatable bonds is 2. The van der Waals surface area contributed by atoms with E-state index in [1.807, 2.05) is 31.2 Å². The molecule has 94 valence electrons. The normalized spacial score (nSPS) is 23.0. The SMILES string of the molecule is CC1=CC(=NCc2ccccc2)C2C=CC=CC2=N1. The molecule has 0 bridgehead atoms. The van der Waals surface area contributed by atoms with Gasteiger partial charge in [0.2, 0.25) is 0 Å². The van der Waals surface area contributed by atoms with Gasteiger partial charge in [-0.05, 0) is 24.6 Å². The summed E-state index contributed by atoms with van der Waals surface area (Å²) in [4.78, 5) is 9.33. The van der Waals surface area contributed by atoms with Crippen LogP contribution in [-0.2, 0) is 6.54 Å². The van der Waals surface area contributed by atoms with E-state index >= 15 is 0 Å². The molecule has 2 heteroatoms. The lowest BCUT2D eigenvalue weighted by molar-refractivity contribution is 1.02. The van der Waals surface area contributed by atoms with E-state index in [9.17, 15) is 0 Å². The number of nitrogens with zero attached hydrogens (tertiary/aromatic N) is 2. The van der Waals surface area contributed by atoms with Crippen molar-refractivity contribution < 1.29 is 0 Å². The Hall–Kier alpha value is -2.22. The molecular weight excluding hydrogens is 232 g/mol. The molecule has 2 nitrogen and oxygen atoms in total. The number of hydrogen-bond acceptors (Lipinski definition) is 2. The van der Waals surface area contributed by atoms with Gasteiger partial charge in [-0.1, -0.05) is 48.6 Å². The number of allylic oxidation sites excluding steroid dienone is 6.